The van der Waals surface area contributed by atoms with Crippen molar-refractivity contribution in [3.8, 4) is 5.75 Å². The van der Waals surface area contributed by atoms with Gasteiger partial charge in [-0.05, 0) is 17.7 Å². The van der Waals surface area contributed by atoms with E-state index in [-0.39, 0.29) is 16.5 Å². The summed E-state index contributed by atoms with van der Waals surface area (Å²) in [6.07, 6.45) is 0. The molecule has 2 rings (SSSR count). The molecule has 0 amide bonds. The van der Waals surface area contributed by atoms with Crippen molar-refractivity contribution in [2.45, 2.75) is 10.8 Å². The standard InChI is InChI=1S/C14H16N2O5S/c1-16-13(8-12(15-16)14(17)21-3)22(18,19)9-10-4-6-11(20-2)7-5-10/h4-8H,9H2,1-3H3. The maximum atomic E-state index is 12.5. The van der Waals surface area contributed by atoms with E-state index in [4.69, 9.17) is 4.74 Å². The number of hydrogen-bond acceptors (Lipinski definition) is 6. The van der Waals surface area contributed by atoms with E-state index in [0.29, 0.717) is 11.3 Å². The summed E-state index contributed by atoms with van der Waals surface area (Å²) in [6.45, 7) is 0. The zero-order chi connectivity index (χ0) is 16.3. The molecule has 0 aliphatic carbocycles. The van der Waals surface area contributed by atoms with Gasteiger partial charge in [-0.25, -0.2) is 13.2 Å². The van der Waals surface area contributed by atoms with Gasteiger partial charge in [0.25, 0.3) is 0 Å². The van der Waals surface area contributed by atoms with Crippen LogP contribution in [-0.2, 0) is 27.4 Å². The predicted molar refractivity (Wildman–Crippen MR) is 78.4 cm³/mol. The van der Waals surface area contributed by atoms with Gasteiger partial charge in [-0.3, -0.25) is 4.68 Å². The Kier molecular flexibility index (Phi) is 4.51. The lowest BCUT2D eigenvalue weighted by molar-refractivity contribution is 0.0593. The second kappa shape index (κ2) is 6.18. The van der Waals surface area contributed by atoms with E-state index in [0.717, 1.165) is 4.68 Å². The number of rotatable bonds is 5. The van der Waals surface area contributed by atoms with E-state index in [1.54, 1.807) is 24.3 Å². The van der Waals surface area contributed by atoms with Crippen molar-refractivity contribution in [1.82, 2.24) is 9.78 Å². The Morgan fingerprint density at radius 2 is 1.86 bits per heavy atom. The summed E-state index contributed by atoms with van der Waals surface area (Å²) < 4.78 is 35.6. The summed E-state index contributed by atoms with van der Waals surface area (Å²) >= 11 is 0. The van der Waals surface area contributed by atoms with Gasteiger partial charge < -0.3 is 9.47 Å². The number of ether oxygens (including phenoxy) is 2. The largest absolute Gasteiger partial charge is 0.497 e. The molecular formula is C14H16N2O5S. The van der Waals surface area contributed by atoms with Crippen molar-refractivity contribution >= 4 is 15.8 Å². The summed E-state index contributed by atoms with van der Waals surface area (Å²) in [5, 5.41) is 3.82. The Bertz CT molecular complexity index is 778. The molecule has 7 nitrogen and oxygen atoms in total. The van der Waals surface area contributed by atoms with Gasteiger partial charge in [0.15, 0.2) is 20.6 Å². The molecule has 1 heterocycles. The Labute approximate surface area is 128 Å². The molecule has 0 saturated carbocycles. The topological polar surface area (TPSA) is 87.5 Å². The molecule has 0 unspecified atom stereocenters. The fourth-order valence-electron chi connectivity index (χ4n) is 1.96. The normalized spacial score (nSPS) is 11.2. The minimum Gasteiger partial charge on any atom is -0.497 e. The van der Waals surface area contributed by atoms with Crippen molar-refractivity contribution in [3.63, 3.8) is 0 Å². The van der Waals surface area contributed by atoms with Crippen LogP contribution in [0.2, 0.25) is 0 Å². The summed E-state index contributed by atoms with van der Waals surface area (Å²) in [5.41, 5.74) is 0.569. The maximum absolute atomic E-state index is 12.5. The third-order valence-electron chi connectivity index (χ3n) is 3.07. The van der Waals surface area contributed by atoms with Crippen LogP contribution in [0.15, 0.2) is 35.4 Å². The smallest absolute Gasteiger partial charge is 0.358 e. The molecule has 0 saturated heterocycles. The van der Waals surface area contributed by atoms with Gasteiger partial charge in [0.05, 0.1) is 20.0 Å². The van der Waals surface area contributed by atoms with Gasteiger partial charge in [0.1, 0.15) is 5.75 Å². The number of sulfone groups is 1. The third kappa shape index (κ3) is 3.28. The SMILES string of the molecule is COC(=O)c1cc(S(=O)(=O)Cc2ccc(OC)cc2)n(C)n1. The first kappa shape index (κ1) is 16.0. The Balaban J connectivity index is 2.29. The Hall–Kier alpha value is -2.35. The van der Waals surface area contributed by atoms with Gasteiger partial charge in [0.2, 0.25) is 0 Å². The first-order valence-corrected chi connectivity index (χ1v) is 8.00. The van der Waals surface area contributed by atoms with Crippen molar-refractivity contribution < 1.29 is 22.7 Å². The summed E-state index contributed by atoms with van der Waals surface area (Å²) in [4.78, 5) is 11.4. The van der Waals surface area contributed by atoms with Gasteiger partial charge in [-0.15, -0.1) is 0 Å². The van der Waals surface area contributed by atoms with Crippen LogP contribution in [0.5, 0.6) is 5.75 Å². The van der Waals surface area contributed by atoms with Crippen molar-refractivity contribution in [2.75, 3.05) is 14.2 Å². The number of hydrogen-bond donors (Lipinski definition) is 0. The number of aromatic nitrogens is 2. The summed E-state index contributed by atoms with van der Waals surface area (Å²) in [7, 11) is 0.581. The number of nitrogens with zero attached hydrogens (tertiary/aromatic N) is 2. The molecule has 2 aromatic rings. The van der Waals surface area contributed by atoms with E-state index < -0.39 is 15.8 Å². The maximum Gasteiger partial charge on any atom is 0.358 e. The highest BCUT2D eigenvalue weighted by molar-refractivity contribution is 7.90. The Morgan fingerprint density at radius 1 is 1.23 bits per heavy atom. The van der Waals surface area contributed by atoms with Gasteiger partial charge >= 0.3 is 5.97 Å². The van der Waals surface area contributed by atoms with Crippen LogP contribution >= 0.6 is 0 Å². The lowest BCUT2D eigenvalue weighted by Gasteiger charge is -2.05. The minimum atomic E-state index is -3.63. The molecule has 0 aliphatic heterocycles. The highest BCUT2D eigenvalue weighted by Crippen LogP contribution is 2.19. The second-order valence-corrected chi connectivity index (χ2v) is 6.53. The van der Waals surface area contributed by atoms with Crippen LogP contribution in [-0.4, -0.2) is 38.4 Å². The Morgan fingerprint density at radius 3 is 2.41 bits per heavy atom. The molecule has 118 valence electrons. The first-order valence-electron chi connectivity index (χ1n) is 6.35. The zero-order valence-corrected chi connectivity index (χ0v) is 13.3. The van der Waals surface area contributed by atoms with Crippen LogP contribution in [0.1, 0.15) is 16.1 Å². The molecule has 0 aliphatic rings. The number of methoxy groups -OCH3 is 2. The number of carbonyl (C=O) groups excluding carboxylic acids is 1. The van der Waals surface area contributed by atoms with Gasteiger partial charge in [-0.2, -0.15) is 5.10 Å². The molecule has 1 aromatic heterocycles. The lowest BCUT2D eigenvalue weighted by atomic mass is 10.2. The molecule has 0 bridgehead atoms. The van der Waals surface area contributed by atoms with Gasteiger partial charge in [0, 0.05) is 13.1 Å². The fourth-order valence-corrected chi connectivity index (χ4v) is 3.47. The minimum absolute atomic E-state index is 0.0382. The van der Waals surface area contributed by atoms with Crippen LogP contribution in [0, 0.1) is 0 Å². The third-order valence-corrected chi connectivity index (χ3v) is 4.80. The van der Waals surface area contributed by atoms with E-state index in [1.165, 1.54) is 27.3 Å². The molecule has 0 N–H and O–H groups in total. The average Bonchev–Trinajstić information content (AvgIpc) is 2.90. The fraction of sp³-hybridized carbons (Fsp3) is 0.286. The number of aryl methyl sites for hydroxylation is 1. The van der Waals surface area contributed by atoms with Crippen LogP contribution in [0.4, 0.5) is 0 Å². The molecule has 0 radical (unpaired) electrons. The van der Waals surface area contributed by atoms with E-state index in [1.807, 2.05) is 0 Å². The highest BCUT2D eigenvalue weighted by atomic mass is 32.2. The van der Waals surface area contributed by atoms with Crippen molar-refractivity contribution in [2.24, 2.45) is 7.05 Å². The molecule has 0 spiro atoms. The van der Waals surface area contributed by atoms with Crippen molar-refractivity contribution in [1.29, 1.82) is 0 Å². The molecule has 0 atom stereocenters. The highest BCUT2D eigenvalue weighted by Gasteiger charge is 2.23. The molecule has 1 aromatic carbocycles. The van der Waals surface area contributed by atoms with Gasteiger partial charge in [-0.1, -0.05) is 12.1 Å². The van der Waals surface area contributed by atoms with E-state index in [2.05, 4.69) is 9.84 Å². The lowest BCUT2D eigenvalue weighted by Crippen LogP contribution is -2.10. The molecule has 8 heteroatoms. The average molecular weight is 324 g/mol. The monoisotopic (exact) mass is 324 g/mol. The second-order valence-electron chi connectivity index (χ2n) is 4.59. The van der Waals surface area contributed by atoms with E-state index in [9.17, 15) is 13.2 Å². The quantitative estimate of drug-likeness (QED) is 0.768. The van der Waals surface area contributed by atoms with Crippen LogP contribution in [0.3, 0.4) is 0 Å². The van der Waals surface area contributed by atoms with E-state index >= 15 is 0 Å². The summed E-state index contributed by atoms with van der Waals surface area (Å²) in [6, 6.07) is 7.94. The first-order chi connectivity index (χ1) is 10.4. The number of carbonyl (C=O) groups is 1. The van der Waals surface area contributed by atoms with Crippen molar-refractivity contribution in [3.05, 3.63) is 41.6 Å². The predicted octanol–water partition coefficient (Wildman–Crippen LogP) is 1.19. The molecule has 22 heavy (non-hydrogen) atoms. The zero-order valence-electron chi connectivity index (χ0n) is 12.4. The van der Waals surface area contributed by atoms with Crippen LogP contribution < -0.4 is 4.74 Å². The number of benzene rings is 1. The number of esters is 1. The molecule has 0 fully saturated rings. The summed E-state index contributed by atoms with van der Waals surface area (Å²) in [5.74, 6) is -0.229. The van der Waals surface area contributed by atoms with Crippen LogP contribution in [0.25, 0.3) is 0 Å². The molecular weight excluding hydrogens is 308 g/mol.